The minimum atomic E-state index is -0.691. The number of hydrogen-bond donors (Lipinski definition) is 3. The summed E-state index contributed by atoms with van der Waals surface area (Å²) in [4.78, 5) is 68.8. The number of fused-ring (bicyclic) bond motifs is 6. The van der Waals surface area contributed by atoms with Crippen LogP contribution in [0, 0.1) is 5.92 Å². The van der Waals surface area contributed by atoms with E-state index in [0.29, 0.717) is 18.9 Å². The molecule has 4 aromatic heterocycles. The predicted molar refractivity (Wildman–Crippen MR) is 228 cm³/mol. The number of carbonyl (C=O) groups excluding carboxylic acids is 3. The average Bonchev–Trinajstić information content (AvgIpc) is 3.70. The summed E-state index contributed by atoms with van der Waals surface area (Å²) < 4.78 is 4.29. The molecule has 0 radical (unpaired) electrons. The van der Waals surface area contributed by atoms with Gasteiger partial charge in [-0.25, -0.2) is 14.8 Å². The molecular formula is C43H46N10O4S. The van der Waals surface area contributed by atoms with Gasteiger partial charge >= 0.3 is 5.69 Å². The second-order valence-corrected chi connectivity index (χ2v) is 17.3. The Morgan fingerprint density at radius 3 is 2.48 bits per heavy atom. The second-order valence-electron chi connectivity index (χ2n) is 16.2. The Labute approximate surface area is 338 Å². The smallest absolute Gasteiger partial charge is 0.329 e. The lowest BCUT2D eigenvalue weighted by atomic mass is 9.95. The molecule has 6 aromatic rings. The van der Waals surface area contributed by atoms with Crippen LogP contribution in [0.5, 0.6) is 0 Å². The number of imide groups is 1. The summed E-state index contributed by atoms with van der Waals surface area (Å²) >= 11 is 1.52. The van der Waals surface area contributed by atoms with E-state index in [0.717, 1.165) is 124 Å². The predicted octanol–water partition coefficient (Wildman–Crippen LogP) is 4.73. The van der Waals surface area contributed by atoms with Gasteiger partial charge in [0.1, 0.15) is 16.7 Å². The van der Waals surface area contributed by atoms with Crippen LogP contribution in [-0.2, 0) is 16.6 Å². The standard InChI is InChI=1S/C43H46N10O4S/c1-25-22-45-38-37-28-7-8-29(47-30(28)9-11-34(37)58-40(38)42(56)46-25)27-6-12-35(44-23-27)52-20-18-50(19-21-52)24-26-14-16-51(17-15-26)31-4-3-5-32-39(31)49(2)43(57)53(32)33-10-13-36(54)48-41(33)55/h3-9,11-12,23,25-26,33,45H,10,13-22,24H2,1-2H3,(H,46,56)(H,48,54,55)/t25-,33?/m1/s1. The molecule has 3 amide bonds. The molecular weight excluding hydrogens is 753 g/mol. The maximum absolute atomic E-state index is 13.4. The number of hydrogen-bond acceptors (Lipinski definition) is 11. The zero-order valence-electron chi connectivity index (χ0n) is 32.7. The number of nitrogens with one attached hydrogen (secondary N) is 3. The molecule has 3 saturated heterocycles. The van der Waals surface area contributed by atoms with Gasteiger partial charge in [-0.05, 0) is 80.6 Å². The molecule has 15 heteroatoms. The van der Waals surface area contributed by atoms with Crippen molar-refractivity contribution < 1.29 is 14.4 Å². The average molecular weight is 799 g/mol. The van der Waals surface area contributed by atoms with Crippen LogP contribution in [0.25, 0.3) is 43.3 Å². The molecule has 0 bridgehead atoms. The fraction of sp³-hybridized carbons (Fsp3) is 0.395. The molecule has 8 heterocycles. The molecule has 3 N–H and O–H groups in total. The van der Waals surface area contributed by atoms with E-state index in [4.69, 9.17) is 9.97 Å². The fourth-order valence-electron chi connectivity index (χ4n) is 9.39. The van der Waals surface area contributed by atoms with Gasteiger partial charge in [0, 0.05) is 99.1 Å². The van der Waals surface area contributed by atoms with Gasteiger partial charge in [0.25, 0.3) is 5.91 Å². The molecule has 0 saturated carbocycles. The number of aromatic nitrogens is 4. The van der Waals surface area contributed by atoms with Crippen molar-refractivity contribution in [2.24, 2.45) is 13.0 Å². The number of rotatable bonds is 6. The molecule has 0 aliphatic carbocycles. The van der Waals surface area contributed by atoms with E-state index in [1.54, 1.807) is 16.2 Å². The minimum absolute atomic E-state index is 0.0269. The molecule has 2 atom stereocenters. The highest BCUT2D eigenvalue weighted by atomic mass is 32.1. The zero-order valence-corrected chi connectivity index (χ0v) is 33.5. The van der Waals surface area contributed by atoms with Crippen LogP contribution in [0.4, 0.5) is 17.2 Å². The first-order valence-electron chi connectivity index (χ1n) is 20.3. The number of aryl methyl sites for hydroxylation is 1. The van der Waals surface area contributed by atoms with E-state index in [-0.39, 0.29) is 30.0 Å². The molecule has 58 heavy (non-hydrogen) atoms. The van der Waals surface area contributed by atoms with Crippen molar-refractivity contribution in [1.82, 2.24) is 34.6 Å². The summed E-state index contributed by atoms with van der Waals surface area (Å²) in [5, 5.41) is 11.1. The number of nitrogens with zero attached hydrogens (tertiary/aromatic N) is 7. The number of pyridine rings is 2. The molecule has 2 aromatic carbocycles. The largest absolute Gasteiger partial charge is 0.381 e. The van der Waals surface area contributed by atoms with Gasteiger partial charge in [-0.2, -0.15) is 0 Å². The fourth-order valence-corrected chi connectivity index (χ4v) is 10.5. The normalized spacial score (nSPS) is 21.0. The quantitative estimate of drug-likeness (QED) is 0.202. The number of carbonyl (C=O) groups is 3. The Morgan fingerprint density at radius 1 is 0.879 bits per heavy atom. The van der Waals surface area contributed by atoms with Crippen molar-refractivity contribution in [3.05, 3.63) is 76.2 Å². The van der Waals surface area contributed by atoms with Gasteiger partial charge in [-0.1, -0.05) is 6.07 Å². The molecule has 1 unspecified atom stereocenters. The van der Waals surface area contributed by atoms with E-state index >= 15 is 0 Å². The van der Waals surface area contributed by atoms with Gasteiger partial charge in [-0.3, -0.25) is 33.7 Å². The van der Waals surface area contributed by atoms with Crippen LogP contribution in [-0.4, -0.2) is 100 Å². The Balaban J connectivity index is 0.758. The summed E-state index contributed by atoms with van der Waals surface area (Å²) in [7, 11) is 1.77. The summed E-state index contributed by atoms with van der Waals surface area (Å²) in [6, 6.07) is 17.8. The van der Waals surface area contributed by atoms with Crippen LogP contribution in [0.15, 0.2) is 65.6 Å². The van der Waals surface area contributed by atoms with Crippen LogP contribution in [0.1, 0.15) is 48.3 Å². The van der Waals surface area contributed by atoms with Crippen molar-refractivity contribution in [3.8, 4) is 11.3 Å². The lowest BCUT2D eigenvalue weighted by Gasteiger charge is -2.39. The number of thiophene rings is 1. The van der Waals surface area contributed by atoms with Gasteiger partial charge in [0.15, 0.2) is 0 Å². The van der Waals surface area contributed by atoms with E-state index in [9.17, 15) is 19.2 Å². The Hall–Kier alpha value is -5.80. The molecule has 4 aliphatic heterocycles. The SMILES string of the molecule is C[C@@H]1CNc2c(sc3ccc4nc(-c5ccc(N6CCN(CC7CCN(c8cccc9c8n(C)c(=O)n9C8CCC(=O)NC8=O)CC7)CC6)nc5)ccc4c23)C(=O)N1. The molecule has 3 fully saturated rings. The number of benzene rings is 2. The molecule has 14 nitrogen and oxygen atoms in total. The Bertz CT molecular complexity index is 2670. The number of para-hydroxylation sites is 1. The van der Waals surface area contributed by atoms with Crippen LogP contribution >= 0.6 is 11.3 Å². The topological polar surface area (TPSA) is 150 Å². The maximum atomic E-state index is 13.4. The van der Waals surface area contributed by atoms with Crippen LogP contribution < -0.4 is 31.4 Å². The third-order valence-electron chi connectivity index (χ3n) is 12.5. The summed E-state index contributed by atoms with van der Waals surface area (Å²) in [6.45, 7) is 9.38. The molecule has 298 valence electrons. The van der Waals surface area contributed by atoms with Gasteiger partial charge in [0.05, 0.1) is 33.6 Å². The third kappa shape index (κ3) is 6.36. The van der Waals surface area contributed by atoms with E-state index in [1.807, 2.05) is 31.3 Å². The second kappa shape index (κ2) is 14.5. The molecule has 0 spiro atoms. The van der Waals surface area contributed by atoms with Crippen molar-refractivity contribution in [2.45, 2.75) is 44.7 Å². The highest BCUT2D eigenvalue weighted by Gasteiger charge is 2.33. The number of piperidine rings is 2. The van der Waals surface area contributed by atoms with Gasteiger partial charge < -0.3 is 20.4 Å². The lowest BCUT2D eigenvalue weighted by molar-refractivity contribution is -0.135. The summed E-state index contributed by atoms with van der Waals surface area (Å²) in [5.74, 6) is 0.842. The van der Waals surface area contributed by atoms with Crippen LogP contribution in [0.3, 0.4) is 0 Å². The maximum Gasteiger partial charge on any atom is 0.329 e. The first kappa shape index (κ1) is 36.5. The zero-order chi connectivity index (χ0) is 39.7. The lowest BCUT2D eigenvalue weighted by Crippen LogP contribution is -2.49. The number of amides is 3. The van der Waals surface area contributed by atoms with Crippen molar-refractivity contribution in [3.63, 3.8) is 0 Å². The minimum Gasteiger partial charge on any atom is -0.381 e. The van der Waals surface area contributed by atoms with Crippen molar-refractivity contribution in [2.75, 3.05) is 67.5 Å². The van der Waals surface area contributed by atoms with Gasteiger partial charge in [-0.15, -0.1) is 11.3 Å². The highest BCUT2D eigenvalue weighted by molar-refractivity contribution is 7.21. The molecule has 10 rings (SSSR count). The Kier molecular flexibility index (Phi) is 9.16. The first-order chi connectivity index (χ1) is 28.2. The van der Waals surface area contributed by atoms with Crippen molar-refractivity contribution >= 4 is 78.3 Å². The van der Waals surface area contributed by atoms with Crippen molar-refractivity contribution in [1.29, 1.82) is 0 Å². The number of anilines is 3. The summed E-state index contributed by atoms with van der Waals surface area (Å²) in [5.41, 5.74) is 5.97. The highest BCUT2D eigenvalue weighted by Crippen LogP contribution is 2.41. The van der Waals surface area contributed by atoms with E-state index < -0.39 is 11.9 Å². The summed E-state index contributed by atoms with van der Waals surface area (Å²) in [6.07, 6.45) is 4.61. The van der Waals surface area contributed by atoms with Gasteiger partial charge in [0.2, 0.25) is 11.8 Å². The number of imidazole rings is 1. The third-order valence-corrected chi connectivity index (χ3v) is 13.7. The monoisotopic (exact) mass is 798 g/mol. The molecule has 4 aliphatic rings. The van der Waals surface area contributed by atoms with Crippen LogP contribution in [0.2, 0.25) is 0 Å². The number of piperazine rings is 1. The Morgan fingerprint density at radius 2 is 1.71 bits per heavy atom. The van der Waals surface area contributed by atoms with E-state index in [1.165, 1.54) is 11.3 Å². The van der Waals surface area contributed by atoms with E-state index in [2.05, 4.69) is 67.0 Å². The first-order valence-corrected chi connectivity index (χ1v) is 21.1.